The molecule has 0 heterocycles. The Hall–Kier alpha value is -0.540. The molecule has 0 fully saturated rings. The summed E-state index contributed by atoms with van der Waals surface area (Å²) in [4.78, 5) is 0. The van der Waals surface area contributed by atoms with Gasteiger partial charge in [-0.15, -0.1) is 0 Å². The van der Waals surface area contributed by atoms with E-state index in [1.807, 2.05) is 6.07 Å². The highest BCUT2D eigenvalue weighted by atomic mass is 79.9. The summed E-state index contributed by atoms with van der Waals surface area (Å²) in [7, 11) is 1.71. The van der Waals surface area contributed by atoms with Gasteiger partial charge in [-0.05, 0) is 42.6 Å². The monoisotopic (exact) mass is 299 g/mol. The van der Waals surface area contributed by atoms with E-state index in [1.54, 1.807) is 7.11 Å². The van der Waals surface area contributed by atoms with Gasteiger partial charge in [0.05, 0.1) is 7.11 Å². The number of ether oxygens (including phenoxy) is 1. The maximum atomic E-state index is 5.29. The minimum atomic E-state index is 0.379. The van der Waals surface area contributed by atoms with Crippen LogP contribution in [0.5, 0.6) is 5.75 Å². The Kier molecular flexibility index (Phi) is 6.00. The van der Waals surface area contributed by atoms with Gasteiger partial charge < -0.3 is 10.1 Å². The number of hydrogen-bond acceptors (Lipinski definition) is 2. The smallest absolute Gasteiger partial charge is 0.119 e. The van der Waals surface area contributed by atoms with Crippen molar-refractivity contribution in [1.82, 2.24) is 5.32 Å². The van der Waals surface area contributed by atoms with E-state index >= 15 is 0 Å². The van der Waals surface area contributed by atoms with Crippen LogP contribution in [0.3, 0.4) is 0 Å². The van der Waals surface area contributed by atoms with Crippen LogP contribution in [0.4, 0.5) is 0 Å². The Morgan fingerprint density at radius 2 is 2.06 bits per heavy atom. The number of methoxy groups -OCH3 is 1. The van der Waals surface area contributed by atoms with Crippen LogP contribution < -0.4 is 10.1 Å². The van der Waals surface area contributed by atoms with Crippen LogP contribution in [0.25, 0.3) is 0 Å². The van der Waals surface area contributed by atoms with Gasteiger partial charge in [-0.3, -0.25) is 0 Å². The fourth-order valence-electron chi connectivity index (χ4n) is 1.95. The molecule has 0 amide bonds. The zero-order valence-electron chi connectivity index (χ0n) is 11.1. The predicted molar refractivity (Wildman–Crippen MR) is 76.6 cm³/mol. The first kappa shape index (κ1) is 14.5. The summed E-state index contributed by atoms with van der Waals surface area (Å²) in [6.45, 7) is 7.61. The van der Waals surface area contributed by atoms with Crippen LogP contribution in [0.15, 0.2) is 22.7 Å². The largest absolute Gasteiger partial charge is 0.497 e. The van der Waals surface area contributed by atoms with E-state index in [9.17, 15) is 0 Å². The quantitative estimate of drug-likeness (QED) is 0.852. The second kappa shape index (κ2) is 7.02. The molecule has 1 atom stereocenters. The van der Waals surface area contributed by atoms with Crippen molar-refractivity contribution in [2.45, 2.75) is 33.2 Å². The number of nitrogens with one attached hydrogen (secondary N) is 1. The molecule has 0 aliphatic carbocycles. The summed E-state index contributed by atoms with van der Waals surface area (Å²) < 4.78 is 6.44. The SMILES string of the molecule is CCNC(CC(C)C)c1cc(OC)ccc1Br. The zero-order valence-corrected chi connectivity index (χ0v) is 12.7. The van der Waals surface area contributed by atoms with Crippen molar-refractivity contribution in [2.24, 2.45) is 5.92 Å². The zero-order chi connectivity index (χ0) is 12.8. The Morgan fingerprint density at radius 1 is 1.35 bits per heavy atom. The molecule has 0 aliphatic rings. The highest BCUT2D eigenvalue weighted by Gasteiger charge is 2.15. The molecular formula is C14H22BrNO. The number of rotatable bonds is 6. The average Bonchev–Trinajstić information content (AvgIpc) is 2.28. The second-order valence-electron chi connectivity index (χ2n) is 4.63. The van der Waals surface area contributed by atoms with Crippen molar-refractivity contribution in [3.8, 4) is 5.75 Å². The summed E-state index contributed by atoms with van der Waals surface area (Å²) in [6, 6.07) is 6.52. The van der Waals surface area contributed by atoms with Gasteiger partial charge in [-0.25, -0.2) is 0 Å². The first-order valence-electron chi connectivity index (χ1n) is 6.15. The van der Waals surface area contributed by atoms with Crippen molar-refractivity contribution in [2.75, 3.05) is 13.7 Å². The van der Waals surface area contributed by atoms with Crippen molar-refractivity contribution in [3.05, 3.63) is 28.2 Å². The van der Waals surface area contributed by atoms with Crippen molar-refractivity contribution in [1.29, 1.82) is 0 Å². The molecule has 1 aromatic carbocycles. The highest BCUT2D eigenvalue weighted by molar-refractivity contribution is 9.10. The van der Waals surface area contributed by atoms with E-state index in [0.717, 1.165) is 23.2 Å². The normalized spacial score (nSPS) is 12.8. The van der Waals surface area contributed by atoms with E-state index in [2.05, 4.69) is 54.2 Å². The van der Waals surface area contributed by atoms with E-state index < -0.39 is 0 Å². The van der Waals surface area contributed by atoms with Gasteiger partial charge in [0.25, 0.3) is 0 Å². The van der Waals surface area contributed by atoms with Gasteiger partial charge in [0.1, 0.15) is 5.75 Å². The van der Waals surface area contributed by atoms with Crippen molar-refractivity contribution < 1.29 is 4.74 Å². The Labute approximate surface area is 113 Å². The lowest BCUT2D eigenvalue weighted by atomic mass is 9.97. The molecule has 1 N–H and O–H groups in total. The van der Waals surface area contributed by atoms with E-state index in [4.69, 9.17) is 4.74 Å². The van der Waals surface area contributed by atoms with Crippen LogP contribution in [0, 0.1) is 5.92 Å². The fraction of sp³-hybridized carbons (Fsp3) is 0.571. The lowest BCUT2D eigenvalue weighted by Crippen LogP contribution is -2.22. The molecule has 1 aromatic rings. The first-order chi connectivity index (χ1) is 8.08. The highest BCUT2D eigenvalue weighted by Crippen LogP contribution is 2.31. The van der Waals surface area contributed by atoms with Gasteiger partial charge in [0.15, 0.2) is 0 Å². The molecule has 96 valence electrons. The second-order valence-corrected chi connectivity index (χ2v) is 5.48. The van der Waals surface area contributed by atoms with Gasteiger partial charge in [-0.2, -0.15) is 0 Å². The maximum Gasteiger partial charge on any atom is 0.119 e. The third kappa shape index (κ3) is 4.32. The predicted octanol–water partition coefficient (Wildman–Crippen LogP) is 4.15. The molecule has 2 nitrogen and oxygen atoms in total. The third-order valence-electron chi connectivity index (χ3n) is 2.74. The van der Waals surface area contributed by atoms with Crippen LogP contribution in [-0.2, 0) is 0 Å². The van der Waals surface area contributed by atoms with Crippen molar-refractivity contribution >= 4 is 15.9 Å². The van der Waals surface area contributed by atoms with Crippen LogP contribution in [0.2, 0.25) is 0 Å². The van der Waals surface area contributed by atoms with Gasteiger partial charge in [0.2, 0.25) is 0 Å². The molecule has 0 saturated heterocycles. The summed E-state index contributed by atoms with van der Waals surface area (Å²) in [5, 5.41) is 3.54. The standard InChI is InChI=1S/C14H22BrNO/c1-5-16-14(8-10(2)3)12-9-11(17-4)6-7-13(12)15/h6-7,9-10,14,16H,5,8H2,1-4H3. The average molecular weight is 300 g/mol. The summed E-state index contributed by atoms with van der Waals surface area (Å²) >= 11 is 3.62. The van der Waals surface area contributed by atoms with E-state index in [1.165, 1.54) is 5.56 Å². The summed E-state index contributed by atoms with van der Waals surface area (Å²) in [6.07, 6.45) is 1.12. The Morgan fingerprint density at radius 3 is 2.59 bits per heavy atom. The van der Waals surface area contributed by atoms with E-state index in [-0.39, 0.29) is 0 Å². The Balaban J connectivity index is 2.98. The van der Waals surface area contributed by atoms with Crippen LogP contribution in [-0.4, -0.2) is 13.7 Å². The number of benzene rings is 1. The molecule has 0 spiro atoms. The molecule has 0 aliphatic heterocycles. The minimum Gasteiger partial charge on any atom is -0.497 e. The molecule has 17 heavy (non-hydrogen) atoms. The van der Waals surface area contributed by atoms with Gasteiger partial charge in [-0.1, -0.05) is 36.7 Å². The third-order valence-corrected chi connectivity index (χ3v) is 3.46. The van der Waals surface area contributed by atoms with Crippen LogP contribution >= 0.6 is 15.9 Å². The van der Waals surface area contributed by atoms with Gasteiger partial charge in [0, 0.05) is 10.5 Å². The van der Waals surface area contributed by atoms with Crippen molar-refractivity contribution in [3.63, 3.8) is 0 Å². The molecule has 0 bridgehead atoms. The molecule has 0 radical (unpaired) electrons. The first-order valence-corrected chi connectivity index (χ1v) is 6.94. The topological polar surface area (TPSA) is 21.3 Å². The lowest BCUT2D eigenvalue weighted by Gasteiger charge is -2.22. The molecule has 1 rings (SSSR count). The lowest BCUT2D eigenvalue weighted by molar-refractivity contribution is 0.408. The number of halogens is 1. The minimum absolute atomic E-state index is 0.379. The molecule has 3 heteroatoms. The molecule has 0 aromatic heterocycles. The molecular weight excluding hydrogens is 278 g/mol. The Bertz CT molecular complexity index is 352. The summed E-state index contributed by atoms with van der Waals surface area (Å²) in [5.41, 5.74) is 1.28. The summed E-state index contributed by atoms with van der Waals surface area (Å²) in [5.74, 6) is 1.58. The van der Waals surface area contributed by atoms with Crippen LogP contribution in [0.1, 0.15) is 38.8 Å². The maximum absolute atomic E-state index is 5.29. The van der Waals surface area contributed by atoms with Gasteiger partial charge >= 0.3 is 0 Å². The fourth-order valence-corrected chi connectivity index (χ4v) is 2.48. The molecule has 1 unspecified atom stereocenters. The van der Waals surface area contributed by atoms with E-state index in [0.29, 0.717) is 12.0 Å². The molecule has 0 saturated carbocycles. The number of hydrogen-bond donors (Lipinski definition) is 1.